The quantitative estimate of drug-likeness (QED) is 0.573. The molecule has 0 unspecified atom stereocenters. The van der Waals surface area contributed by atoms with Crippen LogP contribution in [-0.4, -0.2) is 43.2 Å². The highest BCUT2D eigenvalue weighted by atomic mass is 32.2. The van der Waals surface area contributed by atoms with Gasteiger partial charge in [0.2, 0.25) is 5.91 Å². The van der Waals surface area contributed by atoms with Crippen molar-refractivity contribution in [1.29, 1.82) is 0 Å². The molecule has 0 atom stereocenters. The number of pyridine rings is 1. The van der Waals surface area contributed by atoms with Crippen molar-refractivity contribution in [3.05, 3.63) is 59.8 Å². The van der Waals surface area contributed by atoms with Crippen LogP contribution in [0, 0.1) is 0 Å². The Morgan fingerprint density at radius 2 is 1.75 bits per heavy atom. The number of carbonyl (C=O) groups is 1. The molecule has 0 aliphatic carbocycles. The monoisotopic (exact) mass is 408 g/mol. The molecule has 0 spiro atoms. The van der Waals surface area contributed by atoms with Gasteiger partial charge in [0.1, 0.15) is 19.3 Å². The maximum absolute atomic E-state index is 12.6. The minimum Gasteiger partial charge on any atom is -0.331 e. The van der Waals surface area contributed by atoms with E-state index in [0.717, 1.165) is 17.8 Å². The number of amides is 1. The third kappa shape index (κ3) is 5.07. The number of alkyl halides is 3. The van der Waals surface area contributed by atoms with E-state index in [0.29, 0.717) is 32.0 Å². The first-order valence-corrected chi connectivity index (χ1v) is 10.0. The van der Waals surface area contributed by atoms with Gasteiger partial charge in [-0.1, -0.05) is 12.1 Å². The highest BCUT2D eigenvalue weighted by molar-refractivity contribution is 7.98. The topological polar surface area (TPSA) is 37.7 Å². The number of H-pyrrole nitrogens is 1. The first-order valence-electron chi connectivity index (χ1n) is 8.82. The molecule has 0 saturated carbocycles. The predicted molar refractivity (Wildman–Crippen MR) is 104 cm³/mol. The number of nitrogens with one attached hydrogen (secondary N) is 1. The molecule has 1 aliphatic heterocycles. The third-order valence-corrected chi connectivity index (χ3v) is 5.33. The number of anilines is 1. The van der Waals surface area contributed by atoms with E-state index in [1.54, 1.807) is 28.8 Å². The second-order valence-corrected chi connectivity index (χ2v) is 7.26. The van der Waals surface area contributed by atoms with E-state index < -0.39 is 11.7 Å². The molecule has 4 nitrogen and oxygen atoms in total. The summed E-state index contributed by atoms with van der Waals surface area (Å²) >= 11 is 1.66. The van der Waals surface area contributed by atoms with Gasteiger partial charge in [-0.05, 0) is 36.1 Å². The third-order valence-electron chi connectivity index (χ3n) is 4.59. The molecular weight excluding hydrogens is 387 g/mol. The van der Waals surface area contributed by atoms with Crippen LogP contribution in [0.5, 0.6) is 0 Å². The van der Waals surface area contributed by atoms with Crippen molar-refractivity contribution in [2.24, 2.45) is 0 Å². The average molecular weight is 408 g/mol. The number of piperazine rings is 1. The van der Waals surface area contributed by atoms with Crippen LogP contribution in [-0.2, 0) is 11.0 Å². The minimum absolute atomic E-state index is 0.0648. The maximum atomic E-state index is 12.6. The fraction of sp³-hybridized carbons (Fsp3) is 0.300. The predicted octanol–water partition coefficient (Wildman–Crippen LogP) is 3.60. The summed E-state index contributed by atoms with van der Waals surface area (Å²) in [7, 11) is 0. The number of aromatic amines is 1. The molecule has 8 heteroatoms. The number of aromatic nitrogens is 1. The molecule has 0 radical (unpaired) electrons. The molecule has 1 aliphatic rings. The number of halogens is 3. The van der Waals surface area contributed by atoms with Crippen LogP contribution in [0.4, 0.5) is 19.0 Å². The summed E-state index contributed by atoms with van der Waals surface area (Å²) < 4.78 is 37.9. The standard InChI is InChI=1S/C20H20F3N3OS/c1-28-17-6-2-15(3-7-17)4-9-19(27)26-12-10-25(11-13-26)18-8-5-16(14-24-18)20(21,22)23/h2-9,14H,10-13H2,1H3/p+1/b9-4+. The Hall–Kier alpha value is -2.48. The summed E-state index contributed by atoms with van der Waals surface area (Å²) in [6.45, 7) is 2.15. The van der Waals surface area contributed by atoms with E-state index in [1.165, 1.54) is 11.0 Å². The number of thioether (sulfide) groups is 1. The van der Waals surface area contributed by atoms with Crippen molar-refractivity contribution in [2.45, 2.75) is 11.1 Å². The van der Waals surface area contributed by atoms with Crippen LogP contribution in [0.15, 0.2) is 53.6 Å². The number of rotatable bonds is 4. The van der Waals surface area contributed by atoms with Crippen LogP contribution in [0.1, 0.15) is 11.1 Å². The van der Waals surface area contributed by atoms with Gasteiger partial charge in [0.15, 0.2) is 0 Å². The molecule has 1 aromatic carbocycles. The van der Waals surface area contributed by atoms with Gasteiger partial charge in [-0.2, -0.15) is 13.2 Å². The minimum atomic E-state index is -4.36. The zero-order valence-electron chi connectivity index (χ0n) is 15.4. The largest absolute Gasteiger partial charge is 0.419 e. The lowest BCUT2D eigenvalue weighted by molar-refractivity contribution is -0.367. The normalized spacial score (nSPS) is 15.3. The van der Waals surface area contributed by atoms with Gasteiger partial charge in [-0.15, -0.1) is 11.8 Å². The second-order valence-electron chi connectivity index (χ2n) is 6.38. The Morgan fingerprint density at radius 1 is 1.07 bits per heavy atom. The van der Waals surface area contributed by atoms with E-state index in [9.17, 15) is 18.0 Å². The Kier molecular flexibility index (Phi) is 6.28. The van der Waals surface area contributed by atoms with Crippen LogP contribution >= 0.6 is 11.8 Å². The van der Waals surface area contributed by atoms with Gasteiger partial charge < -0.3 is 4.90 Å². The lowest BCUT2D eigenvalue weighted by Crippen LogP contribution is -2.49. The Balaban J connectivity index is 1.54. The van der Waals surface area contributed by atoms with Gasteiger partial charge in [0, 0.05) is 17.0 Å². The summed E-state index contributed by atoms with van der Waals surface area (Å²) in [5, 5.41) is 0. The van der Waals surface area contributed by atoms with E-state index in [1.807, 2.05) is 35.4 Å². The second kappa shape index (κ2) is 8.68. The van der Waals surface area contributed by atoms with Crippen molar-refractivity contribution in [2.75, 3.05) is 37.3 Å². The van der Waals surface area contributed by atoms with Crippen molar-refractivity contribution >= 4 is 29.6 Å². The van der Waals surface area contributed by atoms with Crippen molar-refractivity contribution in [1.82, 2.24) is 4.90 Å². The fourth-order valence-corrected chi connectivity index (χ4v) is 3.35. The van der Waals surface area contributed by atoms with Crippen molar-refractivity contribution in [3.8, 4) is 0 Å². The fourth-order valence-electron chi connectivity index (χ4n) is 2.95. The summed E-state index contributed by atoms with van der Waals surface area (Å²) in [6, 6.07) is 10.4. The molecule has 2 heterocycles. The van der Waals surface area contributed by atoms with E-state index in [4.69, 9.17) is 0 Å². The van der Waals surface area contributed by atoms with E-state index >= 15 is 0 Å². The smallest absolute Gasteiger partial charge is 0.331 e. The molecule has 1 amide bonds. The lowest BCUT2D eigenvalue weighted by Gasteiger charge is -2.30. The van der Waals surface area contributed by atoms with Crippen molar-refractivity contribution in [3.63, 3.8) is 0 Å². The SMILES string of the molecule is CSc1ccc(/C=C/C(=O)N2CCN(c3ccc(C(F)(F)F)c[nH+]3)CC2)cc1. The zero-order valence-corrected chi connectivity index (χ0v) is 16.2. The molecular formula is C20H21F3N3OS+. The highest BCUT2D eigenvalue weighted by Crippen LogP contribution is 2.28. The van der Waals surface area contributed by atoms with Crippen LogP contribution in [0.2, 0.25) is 0 Å². The lowest BCUT2D eigenvalue weighted by atomic mass is 10.2. The van der Waals surface area contributed by atoms with Gasteiger partial charge in [0.05, 0.1) is 18.7 Å². The molecule has 1 fully saturated rings. The summed E-state index contributed by atoms with van der Waals surface area (Å²) in [5.74, 6) is 0.550. The van der Waals surface area contributed by atoms with Crippen LogP contribution in [0.3, 0.4) is 0 Å². The Morgan fingerprint density at radius 3 is 2.29 bits per heavy atom. The summed E-state index contributed by atoms with van der Waals surface area (Å²) in [4.78, 5) is 19.9. The van der Waals surface area contributed by atoms with Crippen LogP contribution in [0.25, 0.3) is 6.08 Å². The zero-order chi connectivity index (χ0) is 20.1. The Bertz CT molecular complexity index is 827. The molecule has 0 bridgehead atoms. The van der Waals surface area contributed by atoms with E-state index in [-0.39, 0.29) is 5.91 Å². The highest BCUT2D eigenvalue weighted by Gasteiger charge is 2.32. The maximum Gasteiger partial charge on any atom is 0.419 e. The molecule has 3 rings (SSSR count). The Labute approximate surface area is 166 Å². The molecule has 1 N–H and O–H groups in total. The van der Waals surface area contributed by atoms with Gasteiger partial charge in [-0.25, -0.2) is 4.98 Å². The van der Waals surface area contributed by atoms with Gasteiger partial charge >= 0.3 is 6.18 Å². The number of benzene rings is 1. The summed E-state index contributed by atoms with van der Waals surface area (Å²) in [5.41, 5.74) is 0.255. The van der Waals surface area contributed by atoms with E-state index in [2.05, 4.69) is 4.98 Å². The molecule has 1 aromatic heterocycles. The van der Waals surface area contributed by atoms with Gasteiger partial charge in [0.25, 0.3) is 5.82 Å². The first kappa shape index (κ1) is 20.3. The summed E-state index contributed by atoms with van der Waals surface area (Å²) in [6.07, 6.45) is 1.98. The molecule has 2 aromatic rings. The average Bonchev–Trinajstić information content (AvgIpc) is 2.72. The molecule has 28 heavy (non-hydrogen) atoms. The van der Waals surface area contributed by atoms with Crippen LogP contribution < -0.4 is 9.88 Å². The molecule has 148 valence electrons. The number of nitrogens with zero attached hydrogens (tertiary/aromatic N) is 2. The van der Waals surface area contributed by atoms with Gasteiger partial charge in [-0.3, -0.25) is 9.69 Å². The van der Waals surface area contributed by atoms with Crippen molar-refractivity contribution < 1.29 is 22.9 Å². The number of carbonyl (C=O) groups excluding carboxylic acids is 1. The first-order chi connectivity index (χ1) is 13.4. The molecule has 1 saturated heterocycles. The number of hydrogen-bond donors (Lipinski definition) is 0. The number of hydrogen-bond acceptors (Lipinski definition) is 3.